The van der Waals surface area contributed by atoms with Gasteiger partial charge in [0.2, 0.25) is 5.69 Å². The van der Waals surface area contributed by atoms with E-state index in [0.29, 0.717) is 45.9 Å². The van der Waals surface area contributed by atoms with E-state index in [0.717, 1.165) is 82.6 Å². The molecule has 0 fully saturated rings. The van der Waals surface area contributed by atoms with Crippen molar-refractivity contribution in [3.8, 4) is 74.1 Å². The minimum Gasteiger partial charge on any atom is -0.319 e. The summed E-state index contributed by atoms with van der Waals surface area (Å²) >= 11 is 0. The molecule has 312 valence electrons. The van der Waals surface area contributed by atoms with Crippen molar-refractivity contribution in [3.63, 3.8) is 0 Å². The Morgan fingerprint density at radius 3 is 1.21 bits per heavy atom. The van der Waals surface area contributed by atoms with Gasteiger partial charge in [0.1, 0.15) is 0 Å². The zero-order valence-corrected chi connectivity index (χ0v) is 35.6. The predicted octanol–water partition coefficient (Wildman–Crippen LogP) is 12.1. The van der Waals surface area contributed by atoms with Gasteiger partial charge >= 0.3 is 0 Å². The van der Waals surface area contributed by atoms with Gasteiger partial charge in [-0.3, -0.25) is 0 Å². The molecule has 12 aromatic rings. The van der Waals surface area contributed by atoms with Crippen molar-refractivity contribution in [2.45, 2.75) is 6.92 Å². The van der Waals surface area contributed by atoms with E-state index in [4.69, 9.17) is 0 Å². The van der Waals surface area contributed by atoms with Crippen LogP contribution in [0, 0.1) is 24.8 Å². The van der Waals surface area contributed by atoms with Crippen LogP contribution >= 0.6 is 0 Å². The molecule has 6 heterocycles. The van der Waals surface area contributed by atoms with Crippen molar-refractivity contribution in [1.29, 1.82) is 5.26 Å². The zero-order chi connectivity index (χ0) is 45.0. The molecular formula is C55H32N12. The minimum absolute atomic E-state index is 0.409. The third kappa shape index (κ3) is 6.52. The van der Waals surface area contributed by atoms with Crippen molar-refractivity contribution in [2.24, 2.45) is 0 Å². The lowest BCUT2D eigenvalue weighted by Crippen LogP contribution is -2.03. The zero-order valence-electron chi connectivity index (χ0n) is 35.6. The van der Waals surface area contributed by atoms with E-state index in [9.17, 15) is 11.8 Å². The molecule has 0 aliphatic rings. The summed E-state index contributed by atoms with van der Waals surface area (Å²) in [6.45, 7) is 11.2. The molecule has 67 heavy (non-hydrogen) atoms. The van der Waals surface area contributed by atoms with Crippen molar-refractivity contribution in [2.75, 3.05) is 0 Å². The number of nitrogens with zero attached hydrogens (tertiary/aromatic N) is 12. The van der Waals surface area contributed by atoms with Crippen molar-refractivity contribution in [1.82, 2.24) is 49.0 Å². The van der Waals surface area contributed by atoms with Crippen LogP contribution in [0.1, 0.15) is 11.1 Å². The molecule has 0 N–H and O–H groups in total. The molecule has 0 amide bonds. The Hall–Kier alpha value is -9.78. The van der Waals surface area contributed by atoms with Gasteiger partial charge in [0.25, 0.3) is 0 Å². The van der Waals surface area contributed by atoms with E-state index in [2.05, 4.69) is 121 Å². The highest BCUT2D eigenvalue weighted by Crippen LogP contribution is 2.47. The third-order valence-electron chi connectivity index (χ3n) is 12.0. The van der Waals surface area contributed by atoms with Crippen LogP contribution in [0.25, 0.3) is 117 Å². The molecule has 0 atom stereocenters. The van der Waals surface area contributed by atoms with E-state index in [1.54, 1.807) is 73.8 Å². The molecule has 0 unspecified atom stereocenters. The van der Waals surface area contributed by atoms with Crippen molar-refractivity contribution >= 4 is 49.3 Å². The number of aryl methyl sites for hydroxylation is 1. The van der Waals surface area contributed by atoms with Gasteiger partial charge in [-0.25, -0.2) is 44.7 Å². The predicted molar refractivity (Wildman–Crippen MR) is 260 cm³/mol. The second-order valence-electron chi connectivity index (χ2n) is 16.0. The molecule has 0 bridgehead atoms. The van der Waals surface area contributed by atoms with Gasteiger partial charge < -0.3 is 9.13 Å². The average Bonchev–Trinajstić information content (AvgIpc) is 3.90. The number of hydrogen-bond acceptors (Lipinski definition) is 9. The van der Waals surface area contributed by atoms with E-state index < -0.39 is 0 Å². The number of fused-ring (bicyclic) bond motifs is 6. The van der Waals surface area contributed by atoms with E-state index in [-0.39, 0.29) is 0 Å². The fourth-order valence-electron chi connectivity index (χ4n) is 9.22. The van der Waals surface area contributed by atoms with Crippen LogP contribution in [-0.2, 0) is 0 Å². The molecule has 0 saturated heterocycles. The maximum Gasteiger partial charge on any atom is 0.234 e. The van der Waals surface area contributed by atoms with Crippen molar-refractivity contribution < 1.29 is 0 Å². The lowest BCUT2D eigenvalue weighted by atomic mass is 9.97. The Kier molecular flexibility index (Phi) is 9.15. The van der Waals surface area contributed by atoms with Gasteiger partial charge in [-0.1, -0.05) is 12.1 Å². The summed E-state index contributed by atoms with van der Waals surface area (Å²) in [6.07, 6.45) is 13.9. The van der Waals surface area contributed by atoms with Gasteiger partial charge in [0, 0.05) is 93.4 Å². The first-order valence-corrected chi connectivity index (χ1v) is 21.4. The summed E-state index contributed by atoms with van der Waals surface area (Å²) in [5.74, 6) is 2.39. The first-order chi connectivity index (χ1) is 33.0. The fraction of sp³-hybridized carbons (Fsp3) is 0.0182. The smallest absolute Gasteiger partial charge is 0.234 e. The van der Waals surface area contributed by atoms with Crippen LogP contribution in [-0.4, -0.2) is 49.0 Å². The molecule has 12 nitrogen and oxygen atoms in total. The van der Waals surface area contributed by atoms with Crippen LogP contribution in [0.2, 0.25) is 0 Å². The quantitative estimate of drug-likeness (QED) is 0.143. The van der Waals surface area contributed by atoms with Crippen LogP contribution < -0.4 is 0 Å². The SMILES string of the molecule is [C-]#[N+]c1c(-n2c3ccc(-c4ncccn4)cc3c3cc(-c4ncccn4)ccc32)ccc(-c2cc(C)cc(C#N)c2)c1-n1c2ccc(-c3ncccn3)cc2c2cc(-c3ncccn3)ccc21. The Morgan fingerprint density at radius 1 is 0.448 bits per heavy atom. The van der Waals surface area contributed by atoms with Gasteiger partial charge in [-0.2, -0.15) is 5.26 Å². The first-order valence-electron chi connectivity index (χ1n) is 21.4. The monoisotopic (exact) mass is 860 g/mol. The van der Waals surface area contributed by atoms with Crippen LogP contribution in [0.3, 0.4) is 0 Å². The maximum absolute atomic E-state index is 10.2. The fourth-order valence-corrected chi connectivity index (χ4v) is 9.22. The number of nitriles is 1. The lowest BCUT2D eigenvalue weighted by Gasteiger charge is -2.20. The minimum atomic E-state index is 0.409. The second kappa shape index (κ2) is 15.8. The van der Waals surface area contributed by atoms with E-state index >= 15 is 0 Å². The van der Waals surface area contributed by atoms with E-state index in [1.807, 2.05) is 49.4 Å². The summed E-state index contributed by atoms with van der Waals surface area (Å²) < 4.78 is 4.34. The van der Waals surface area contributed by atoms with Crippen LogP contribution in [0.5, 0.6) is 0 Å². The summed E-state index contributed by atoms with van der Waals surface area (Å²) in [6, 6.07) is 44.3. The average molecular weight is 861 g/mol. The summed E-state index contributed by atoms with van der Waals surface area (Å²) in [4.78, 5) is 41.1. The molecule has 0 saturated carbocycles. The summed E-state index contributed by atoms with van der Waals surface area (Å²) in [7, 11) is 0. The molecule has 12 rings (SSSR count). The summed E-state index contributed by atoms with van der Waals surface area (Å²) in [5, 5.41) is 14.0. The second-order valence-corrected chi connectivity index (χ2v) is 16.0. The van der Waals surface area contributed by atoms with E-state index in [1.165, 1.54) is 0 Å². The van der Waals surface area contributed by atoms with Crippen LogP contribution in [0.4, 0.5) is 5.69 Å². The standard InChI is InChI=1S/C55H32N12/c1-33-25-34(32-56)27-39(26-33)40-11-16-49(66-45-12-7-35(52-58-17-3-18-59-52)28-41(45)42-29-36(8-13-46(42)66)53-60-19-4-20-61-53)50(57-2)51(40)67-47-14-9-37(54-62-21-5-22-63-54)30-43(47)44-31-38(10-15-48(44)67)55-64-23-6-24-65-55/h3-31H,1H3. The van der Waals surface area contributed by atoms with Gasteiger partial charge in [-0.15, -0.1) is 0 Å². The Balaban J connectivity index is 1.20. The van der Waals surface area contributed by atoms with Gasteiger partial charge in [-0.05, 0) is 139 Å². The summed E-state index contributed by atoms with van der Waals surface area (Å²) in [5.41, 5.74) is 11.7. The van der Waals surface area contributed by atoms with Crippen LogP contribution in [0.15, 0.2) is 177 Å². The lowest BCUT2D eigenvalue weighted by molar-refractivity contribution is 1.14. The van der Waals surface area contributed by atoms with Gasteiger partial charge in [0.15, 0.2) is 23.3 Å². The topological polar surface area (TPSA) is 141 Å². The number of hydrogen-bond donors (Lipinski definition) is 0. The highest BCUT2D eigenvalue weighted by atomic mass is 15.1. The largest absolute Gasteiger partial charge is 0.319 e. The highest BCUT2D eigenvalue weighted by Gasteiger charge is 2.26. The molecule has 6 aromatic carbocycles. The highest BCUT2D eigenvalue weighted by molar-refractivity contribution is 6.14. The Labute approximate surface area is 382 Å². The molecule has 0 aliphatic carbocycles. The first kappa shape index (κ1) is 38.9. The maximum atomic E-state index is 10.2. The molecular weight excluding hydrogens is 829 g/mol. The normalized spacial score (nSPS) is 11.3. The Bertz CT molecular complexity index is 3810. The third-order valence-corrected chi connectivity index (χ3v) is 12.0. The molecule has 0 spiro atoms. The molecule has 6 aromatic heterocycles. The number of benzene rings is 6. The molecule has 12 heteroatoms. The Morgan fingerprint density at radius 2 is 0.836 bits per heavy atom. The number of aromatic nitrogens is 10. The van der Waals surface area contributed by atoms with Crippen molar-refractivity contribution in [3.05, 3.63) is 200 Å². The molecule has 0 radical (unpaired) electrons. The molecule has 0 aliphatic heterocycles. The number of rotatable bonds is 7. The van der Waals surface area contributed by atoms with Gasteiger partial charge in [0.05, 0.1) is 51.6 Å².